The van der Waals surface area contributed by atoms with Crippen LogP contribution >= 0.6 is 0 Å². The third-order valence-corrected chi connectivity index (χ3v) is 2.47. The Labute approximate surface area is 105 Å². The second kappa shape index (κ2) is 5.85. The van der Waals surface area contributed by atoms with Crippen LogP contribution in [0.5, 0.6) is 0 Å². The number of carbonyl (C=O) groups excluding carboxylic acids is 1. The summed E-state index contributed by atoms with van der Waals surface area (Å²) in [4.78, 5) is 28.0. The summed E-state index contributed by atoms with van der Waals surface area (Å²) in [5.41, 5.74) is 5.60. The molecular formula is C11H16N4O3. The molecule has 7 nitrogen and oxygen atoms in total. The van der Waals surface area contributed by atoms with Gasteiger partial charge in [-0.2, -0.15) is 0 Å². The molecule has 0 aliphatic heterocycles. The van der Waals surface area contributed by atoms with Gasteiger partial charge in [-0.15, -0.1) is 0 Å². The molecule has 4 N–H and O–H groups in total. The molecule has 0 unspecified atom stereocenters. The number of pyridine rings is 1. The molecule has 1 aromatic heterocycles. The summed E-state index contributed by atoms with van der Waals surface area (Å²) >= 11 is 0. The number of nitrogens with one attached hydrogen (secondary N) is 1. The summed E-state index contributed by atoms with van der Waals surface area (Å²) in [5, 5.41) is 11.5. The molecule has 0 bridgehead atoms. The number of anilines is 2. The molecule has 1 heterocycles. The maximum atomic E-state index is 11.3. The van der Waals surface area contributed by atoms with Crippen molar-refractivity contribution in [1.29, 1.82) is 0 Å². The van der Waals surface area contributed by atoms with Crippen LogP contribution in [0.1, 0.15) is 17.3 Å². The van der Waals surface area contributed by atoms with E-state index in [4.69, 9.17) is 10.8 Å². The van der Waals surface area contributed by atoms with E-state index in [9.17, 15) is 9.59 Å². The molecule has 0 radical (unpaired) electrons. The number of carboxylic acid groups (broad SMARTS) is 1. The van der Waals surface area contributed by atoms with Crippen LogP contribution in [0.15, 0.2) is 12.3 Å². The zero-order valence-electron chi connectivity index (χ0n) is 10.3. The van der Waals surface area contributed by atoms with Crippen LogP contribution in [-0.4, -0.2) is 42.1 Å². The average Bonchev–Trinajstić information content (AvgIpc) is 2.36. The Morgan fingerprint density at radius 3 is 2.72 bits per heavy atom. The minimum absolute atomic E-state index is 0.0182. The quantitative estimate of drug-likeness (QED) is 0.677. The van der Waals surface area contributed by atoms with Gasteiger partial charge in [0.1, 0.15) is 5.82 Å². The molecule has 0 aliphatic rings. The fraction of sp³-hybridized carbons (Fsp3) is 0.364. The van der Waals surface area contributed by atoms with Gasteiger partial charge >= 0.3 is 5.97 Å². The Bertz CT molecular complexity index is 462. The highest BCUT2D eigenvalue weighted by Crippen LogP contribution is 2.17. The second-order valence-electron chi connectivity index (χ2n) is 3.62. The lowest BCUT2D eigenvalue weighted by molar-refractivity contribution is -0.119. The minimum Gasteiger partial charge on any atom is -0.478 e. The zero-order chi connectivity index (χ0) is 13.7. The molecule has 1 rings (SSSR count). The van der Waals surface area contributed by atoms with E-state index in [2.05, 4.69) is 10.3 Å². The first-order chi connectivity index (χ1) is 8.49. The van der Waals surface area contributed by atoms with Gasteiger partial charge in [-0.1, -0.05) is 0 Å². The normalized spacial score (nSPS) is 9.89. The summed E-state index contributed by atoms with van der Waals surface area (Å²) in [6, 6.07) is 1.37. The molecule has 0 saturated carbocycles. The van der Waals surface area contributed by atoms with Gasteiger partial charge in [0.2, 0.25) is 5.91 Å². The molecule has 1 amide bonds. The van der Waals surface area contributed by atoms with E-state index in [1.54, 1.807) is 4.90 Å². The van der Waals surface area contributed by atoms with Gasteiger partial charge in [-0.3, -0.25) is 4.79 Å². The summed E-state index contributed by atoms with van der Waals surface area (Å²) in [6.07, 6.45) is 1.28. The van der Waals surface area contributed by atoms with Gasteiger partial charge < -0.3 is 21.1 Å². The van der Waals surface area contributed by atoms with Crippen LogP contribution in [0.3, 0.4) is 0 Å². The summed E-state index contributed by atoms with van der Waals surface area (Å²) < 4.78 is 0. The molecule has 0 saturated heterocycles. The molecule has 1 aromatic rings. The molecule has 0 aliphatic carbocycles. The van der Waals surface area contributed by atoms with Crippen molar-refractivity contribution < 1.29 is 14.7 Å². The number of rotatable bonds is 5. The first-order valence-electron chi connectivity index (χ1n) is 5.44. The van der Waals surface area contributed by atoms with Crippen LogP contribution in [-0.2, 0) is 4.79 Å². The molecule has 18 heavy (non-hydrogen) atoms. The van der Waals surface area contributed by atoms with Crippen molar-refractivity contribution in [1.82, 2.24) is 10.3 Å². The van der Waals surface area contributed by atoms with Crippen molar-refractivity contribution >= 4 is 23.4 Å². The SMILES string of the molecule is CCN(CC(=O)NC)c1cc(C(=O)O)c(N)cn1. The maximum absolute atomic E-state index is 11.3. The Morgan fingerprint density at radius 2 is 2.22 bits per heavy atom. The van der Waals surface area contributed by atoms with Gasteiger partial charge in [-0.05, 0) is 13.0 Å². The highest BCUT2D eigenvalue weighted by Gasteiger charge is 2.14. The first kappa shape index (κ1) is 13.8. The summed E-state index contributed by atoms with van der Waals surface area (Å²) in [5.74, 6) is -0.882. The van der Waals surface area contributed by atoms with Gasteiger partial charge in [-0.25, -0.2) is 9.78 Å². The molecular weight excluding hydrogens is 236 g/mol. The van der Waals surface area contributed by atoms with Crippen LogP contribution in [0, 0.1) is 0 Å². The Kier molecular flexibility index (Phi) is 4.47. The van der Waals surface area contributed by atoms with Crippen LogP contribution in [0.25, 0.3) is 0 Å². The number of nitrogens with two attached hydrogens (primary N) is 1. The van der Waals surface area contributed by atoms with E-state index in [1.807, 2.05) is 6.92 Å². The third kappa shape index (κ3) is 3.09. The number of likely N-dealkylation sites (N-methyl/N-ethyl adjacent to an activating group) is 2. The fourth-order valence-electron chi connectivity index (χ4n) is 1.42. The number of nitrogens with zero attached hydrogens (tertiary/aromatic N) is 2. The zero-order valence-corrected chi connectivity index (χ0v) is 10.3. The van der Waals surface area contributed by atoms with E-state index < -0.39 is 5.97 Å². The molecule has 98 valence electrons. The molecule has 0 aromatic carbocycles. The predicted molar refractivity (Wildman–Crippen MR) is 67.6 cm³/mol. The van der Waals surface area contributed by atoms with E-state index in [0.29, 0.717) is 12.4 Å². The monoisotopic (exact) mass is 252 g/mol. The highest BCUT2D eigenvalue weighted by molar-refractivity contribution is 5.94. The van der Waals surface area contributed by atoms with E-state index in [0.717, 1.165) is 0 Å². The van der Waals surface area contributed by atoms with Crippen molar-refractivity contribution in [2.75, 3.05) is 30.8 Å². The highest BCUT2D eigenvalue weighted by atomic mass is 16.4. The topological polar surface area (TPSA) is 109 Å². The van der Waals surface area contributed by atoms with Gasteiger partial charge in [0.05, 0.1) is 24.0 Å². The molecule has 0 fully saturated rings. The number of nitrogen functional groups attached to an aromatic ring is 1. The maximum Gasteiger partial charge on any atom is 0.337 e. The number of aromatic nitrogens is 1. The largest absolute Gasteiger partial charge is 0.478 e. The van der Waals surface area contributed by atoms with Crippen molar-refractivity contribution in [3.05, 3.63) is 17.8 Å². The summed E-state index contributed by atoms with van der Waals surface area (Å²) in [7, 11) is 1.54. The van der Waals surface area contributed by atoms with Crippen molar-refractivity contribution in [2.45, 2.75) is 6.92 Å². The molecule has 7 heteroatoms. The van der Waals surface area contributed by atoms with Gasteiger partial charge in [0, 0.05) is 13.6 Å². The molecule has 0 spiro atoms. The summed E-state index contributed by atoms with van der Waals surface area (Å²) in [6.45, 7) is 2.49. The van der Waals surface area contributed by atoms with Crippen LogP contribution in [0.2, 0.25) is 0 Å². The second-order valence-corrected chi connectivity index (χ2v) is 3.62. The number of hydrogen-bond donors (Lipinski definition) is 3. The van der Waals surface area contributed by atoms with E-state index in [1.165, 1.54) is 19.3 Å². The average molecular weight is 252 g/mol. The van der Waals surface area contributed by atoms with E-state index in [-0.39, 0.29) is 23.7 Å². The number of carbonyl (C=O) groups is 2. The number of hydrogen-bond acceptors (Lipinski definition) is 5. The third-order valence-electron chi connectivity index (χ3n) is 2.47. The van der Waals surface area contributed by atoms with Gasteiger partial charge in [0.15, 0.2) is 0 Å². The fourth-order valence-corrected chi connectivity index (χ4v) is 1.42. The van der Waals surface area contributed by atoms with Crippen molar-refractivity contribution in [3.8, 4) is 0 Å². The minimum atomic E-state index is -1.12. The lowest BCUT2D eigenvalue weighted by atomic mass is 10.2. The Balaban J connectivity index is 3.03. The van der Waals surface area contributed by atoms with E-state index >= 15 is 0 Å². The lowest BCUT2D eigenvalue weighted by Gasteiger charge is -2.21. The number of aromatic carboxylic acids is 1. The van der Waals surface area contributed by atoms with Crippen molar-refractivity contribution in [3.63, 3.8) is 0 Å². The number of carboxylic acids is 1. The predicted octanol–water partition coefficient (Wildman–Crippen LogP) is -0.0657. The standard InChI is InChI=1S/C11H16N4O3/c1-3-15(6-10(16)13-2)9-4-7(11(17)18)8(12)5-14-9/h4-5H,3,6,12H2,1-2H3,(H,13,16)(H,17,18). The van der Waals surface area contributed by atoms with Crippen LogP contribution in [0.4, 0.5) is 11.5 Å². The number of amides is 1. The molecule has 0 atom stereocenters. The Hall–Kier alpha value is -2.31. The van der Waals surface area contributed by atoms with Gasteiger partial charge in [0.25, 0.3) is 0 Å². The lowest BCUT2D eigenvalue weighted by Crippen LogP contribution is -2.36. The smallest absolute Gasteiger partial charge is 0.337 e. The first-order valence-corrected chi connectivity index (χ1v) is 5.44. The van der Waals surface area contributed by atoms with Crippen molar-refractivity contribution in [2.24, 2.45) is 0 Å². The Morgan fingerprint density at radius 1 is 1.56 bits per heavy atom. The van der Waals surface area contributed by atoms with Crippen LogP contribution < -0.4 is 16.0 Å².